The van der Waals surface area contributed by atoms with Crippen LogP contribution in [0.2, 0.25) is 0 Å². The van der Waals surface area contributed by atoms with Crippen LogP contribution in [0.3, 0.4) is 0 Å². The summed E-state index contributed by atoms with van der Waals surface area (Å²) in [5.74, 6) is -2.09. The number of Topliss-reactive ketones (excluding diaryl/α,β-unsaturated/α-hetero) is 1. The van der Waals surface area contributed by atoms with Crippen molar-refractivity contribution >= 4 is 28.6 Å². The summed E-state index contributed by atoms with van der Waals surface area (Å²) in [5, 5.41) is 0.440. The molecule has 1 amide bonds. The molecule has 184 valence electrons. The van der Waals surface area contributed by atoms with Gasteiger partial charge in [0.1, 0.15) is 5.75 Å². The predicted octanol–water partition coefficient (Wildman–Crippen LogP) is 4.66. The Bertz CT molecular complexity index is 1440. The Morgan fingerprint density at radius 2 is 1.61 bits per heavy atom. The molecule has 36 heavy (non-hydrogen) atoms. The SMILES string of the molecule is Cc1c(C(=O)C(N)=O)c2c(OCC(=O)OC(C)C)cccc2n1Cc1cccc(-c2ccccc2)c1. The molecule has 0 aliphatic carbocycles. The van der Waals surface area contributed by atoms with E-state index in [1.807, 2.05) is 59.2 Å². The number of amides is 1. The third-order valence-electron chi connectivity index (χ3n) is 5.85. The number of nitrogens with zero attached hydrogens (tertiary/aromatic N) is 1. The molecule has 1 aromatic heterocycles. The molecule has 0 aliphatic heterocycles. The highest BCUT2D eigenvalue weighted by Crippen LogP contribution is 2.35. The van der Waals surface area contributed by atoms with Crippen molar-refractivity contribution in [3.63, 3.8) is 0 Å². The monoisotopic (exact) mass is 484 g/mol. The zero-order chi connectivity index (χ0) is 25.8. The van der Waals surface area contributed by atoms with Crippen LogP contribution in [0.25, 0.3) is 22.0 Å². The maximum atomic E-state index is 12.9. The molecule has 0 fully saturated rings. The molecule has 4 rings (SSSR count). The number of primary amides is 1. The predicted molar refractivity (Wildman–Crippen MR) is 138 cm³/mol. The summed E-state index contributed by atoms with van der Waals surface area (Å²) < 4.78 is 12.9. The minimum atomic E-state index is -1.06. The highest BCUT2D eigenvalue weighted by atomic mass is 16.6. The molecule has 0 aliphatic rings. The van der Waals surface area contributed by atoms with E-state index in [-0.39, 0.29) is 18.3 Å². The fourth-order valence-electron chi connectivity index (χ4n) is 4.31. The highest BCUT2D eigenvalue weighted by molar-refractivity contribution is 6.45. The Morgan fingerprint density at radius 1 is 0.917 bits per heavy atom. The number of benzene rings is 3. The van der Waals surface area contributed by atoms with E-state index in [1.54, 1.807) is 32.9 Å². The van der Waals surface area contributed by atoms with Gasteiger partial charge in [0, 0.05) is 12.2 Å². The number of esters is 1. The van der Waals surface area contributed by atoms with E-state index >= 15 is 0 Å². The van der Waals surface area contributed by atoms with Gasteiger partial charge in [0.15, 0.2) is 6.61 Å². The van der Waals surface area contributed by atoms with Gasteiger partial charge in [-0.1, -0.05) is 54.6 Å². The lowest BCUT2D eigenvalue weighted by molar-refractivity contribution is -0.149. The van der Waals surface area contributed by atoms with Gasteiger partial charge in [0.05, 0.1) is 22.6 Å². The third-order valence-corrected chi connectivity index (χ3v) is 5.85. The van der Waals surface area contributed by atoms with Gasteiger partial charge >= 0.3 is 5.97 Å². The van der Waals surface area contributed by atoms with Gasteiger partial charge in [-0.25, -0.2) is 4.79 Å². The van der Waals surface area contributed by atoms with Crippen LogP contribution in [0, 0.1) is 6.92 Å². The lowest BCUT2D eigenvalue weighted by Gasteiger charge is -2.12. The molecule has 7 heteroatoms. The minimum absolute atomic E-state index is 0.171. The Morgan fingerprint density at radius 3 is 2.31 bits per heavy atom. The summed E-state index contributed by atoms with van der Waals surface area (Å²) in [7, 11) is 0. The molecule has 3 aromatic carbocycles. The molecule has 2 N–H and O–H groups in total. The van der Waals surface area contributed by atoms with Crippen LogP contribution >= 0.6 is 0 Å². The average Bonchev–Trinajstić information content (AvgIpc) is 3.14. The molecule has 7 nitrogen and oxygen atoms in total. The number of carbonyl (C=O) groups is 3. The Kier molecular flexibility index (Phi) is 7.20. The van der Waals surface area contributed by atoms with E-state index in [0.29, 0.717) is 28.9 Å². The molecular weight excluding hydrogens is 456 g/mol. The van der Waals surface area contributed by atoms with Crippen molar-refractivity contribution in [2.45, 2.75) is 33.4 Å². The van der Waals surface area contributed by atoms with Crippen molar-refractivity contribution < 1.29 is 23.9 Å². The van der Waals surface area contributed by atoms with Gasteiger partial charge in [-0.2, -0.15) is 0 Å². The first-order valence-corrected chi connectivity index (χ1v) is 11.7. The summed E-state index contributed by atoms with van der Waals surface area (Å²) in [6, 6.07) is 23.5. The quantitative estimate of drug-likeness (QED) is 0.212. The molecule has 0 saturated heterocycles. The van der Waals surface area contributed by atoms with Gasteiger partial charge in [-0.05, 0) is 55.7 Å². The smallest absolute Gasteiger partial charge is 0.344 e. The fourth-order valence-corrected chi connectivity index (χ4v) is 4.31. The van der Waals surface area contributed by atoms with Crippen LogP contribution in [0.5, 0.6) is 5.75 Å². The summed E-state index contributed by atoms with van der Waals surface area (Å²) in [6.07, 6.45) is -0.279. The van der Waals surface area contributed by atoms with Gasteiger partial charge < -0.3 is 19.8 Å². The van der Waals surface area contributed by atoms with Crippen molar-refractivity contribution in [1.82, 2.24) is 4.57 Å². The van der Waals surface area contributed by atoms with Gasteiger partial charge in [0.25, 0.3) is 11.7 Å². The lowest BCUT2D eigenvalue weighted by Crippen LogP contribution is -2.24. The van der Waals surface area contributed by atoms with E-state index in [4.69, 9.17) is 15.2 Å². The van der Waals surface area contributed by atoms with Gasteiger partial charge in [0.2, 0.25) is 0 Å². The second kappa shape index (κ2) is 10.5. The first-order chi connectivity index (χ1) is 17.3. The van der Waals surface area contributed by atoms with E-state index < -0.39 is 17.7 Å². The molecule has 0 saturated carbocycles. The first kappa shape index (κ1) is 24.7. The maximum Gasteiger partial charge on any atom is 0.344 e. The number of ether oxygens (including phenoxy) is 2. The number of hydrogen-bond donors (Lipinski definition) is 1. The van der Waals surface area contributed by atoms with Crippen LogP contribution in [0.4, 0.5) is 0 Å². The van der Waals surface area contributed by atoms with Crippen molar-refractivity contribution in [3.8, 4) is 16.9 Å². The Hall–Kier alpha value is -4.39. The van der Waals surface area contributed by atoms with Crippen LogP contribution < -0.4 is 10.5 Å². The molecule has 0 bridgehead atoms. The van der Waals surface area contributed by atoms with Gasteiger partial charge in [-0.3, -0.25) is 9.59 Å². The van der Waals surface area contributed by atoms with Crippen molar-refractivity contribution in [2.24, 2.45) is 5.73 Å². The molecule has 4 aromatic rings. The average molecular weight is 485 g/mol. The number of aromatic nitrogens is 1. The molecule has 0 spiro atoms. The maximum absolute atomic E-state index is 12.9. The topological polar surface area (TPSA) is 101 Å². The third kappa shape index (κ3) is 5.15. The number of carbonyl (C=O) groups excluding carboxylic acids is 3. The summed E-state index contributed by atoms with van der Waals surface area (Å²) in [6.45, 7) is 5.39. The van der Waals surface area contributed by atoms with Crippen molar-refractivity contribution in [2.75, 3.05) is 6.61 Å². The highest BCUT2D eigenvalue weighted by Gasteiger charge is 2.26. The van der Waals surface area contributed by atoms with E-state index in [9.17, 15) is 14.4 Å². The normalized spacial score (nSPS) is 11.0. The number of fused-ring (bicyclic) bond motifs is 1. The van der Waals surface area contributed by atoms with E-state index in [0.717, 1.165) is 16.7 Å². The molecule has 1 heterocycles. The second-order valence-electron chi connectivity index (χ2n) is 8.78. The Labute approximate surface area is 209 Å². The molecular formula is C29H28N2O5. The van der Waals surface area contributed by atoms with Crippen molar-refractivity contribution in [3.05, 3.63) is 89.6 Å². The number of nitrogens with two attached hydrogens (primary N) is 1. The summed E-state index contributed by atoms with van der Waals surface area (Å²) >= 11 is 0. The van der Waals surface area contributed by atoms with Gasteiger partial charge in [-0.15, -0.1) is 0 Å². The number of rotatable bonds is 9. The van der Waals surface area contributed by atoms with Crippen molar-refractivity contribution in [1.29, 1.82) is 0 Å². The molecule has 0 radical (unpaired) electrons. The lowest BCUT2D eigenvalue weighted by atomic mass is 10.0. The minimum Gasteiger partial charge on any atom is -0.481 e. The zero-order valence-corrected chi connectivity index (χ0v) is 20.5. The summed E-state index contributed by atoms with van der Waals surface area (Å²) in [4.78, 5) is 36.9. The standard InChI is InChI=1S/C29H28N2O5/c1-18(2)36-25(32)17-35-24-14-8-13-23-27(24)26(28(33)29(30)34)19(3)31(23)16-20-9-7-12-22(15-20)21-10-5-4-6-11-21/h4-15,18H,16-17H2,1-3H3,(H2,30,34). The van der Waals surface area contributed by atoms with E-state index in [1.165, 1.54) is 0 Å². The van der Waals surface area contributed by atoms with Crippen LogP contribution in [-0.4, -0.2) is 34.9 Å². The Balaban J connectivity index is 1.78. The fraction of sp³-hybridized carbons (Fsp3) is 0.207. The largest absolute Gasteiger partial charge is 0.481 e. The zero-order valence-electron chi connectivity index (χ0n) is 20.5. The van der Waals surface area contributed by atoms with Crippen LogP contribution in [-0.2, 0) is 20.9 Å². The molecule has 0 unspecified atom stereocenters. The van der Waals surface area contributed by atoms with E-state index in [2.05, 4.69) is 6.07 Å². The number of hydrogen-bond acceptors (Lipinski definition) is 5. The van der Waals surface area contributed by atoms with Crippen LogP contribution in [0.15, 0.2) is 72.8 Å². The second-order valence-corrected chi connectivity index (χ2v) is 8.78. The number of ketones is 1. The summed E-state index contributed by atoms with van der Waals surface area (Å²) in [5.41, 5.74) is 10.0. The molecule has 0 atom stereocenters. The van der Waals surface area contributed by atoms with Crippen LogP contribution in [0.1, 0.15) is 35.5 Å². The first-order valence-electron chi connectivity index (χ1n) is 11.7.